The Bertz CT molecular complexity index is 2350. The average Bonchev–Trinajstić information content (AvgIpc) is 3.85. The lowest BCUT2D eigenvalue weighted by molar-refractivity contribution is -0.173. The summed E-state index contributed by atoms with van der Waals surface area (Å²) in [5.41, 5.74) is 0.390. The number of aromatic amines is 1. The van der Waals surface area contributed by atoms with Gasteiger partial charge in [0.2, 0.25) is 11.9 Å². The van der Waals surface area contributed by atoms with Crippen LogP contribution in [0.15, 0.2) is 88.6 Å². The van der Waals surface area contributed by atoms with Crippen molar-refractivity contribution in [3.63, 3.8) is 0 Å². The van der Waals surface area contributed by atoms with E-state index in [0.29, 0.717) is 11.5 Å². The summed E-state index contributed by atoms with van der Waals surface area (Å²) in [6.45, 7) is -0.600. The van der Waals surface area contributed by atoms with Gasteiger partial charge in [0, 0.05) is 33.6 Å². The molecule has 0 aliphatic carbocycles. The lowest BCUT2D eigenvalue weighted by Crippen LogP contribution is -2.39. The summed E-state index contributed by atoms with van der Waals surface area (Å²) in [5.74, 6) is -0.862. The summed E-state index contributed by atoms with van der Waals surface area (Å²) in [6.07, 6.45) is -5.86. The predicted molar refractivity (Wildman–Crippen MR) is 224 cm³/mol. The second-order valence-electron chi connectivity index (χ2n) is 13.9. The van der Waals surface area contributed by atoms with Crippen molar-refractivity contribution in [2.24, 2.45) is 4.99 Å². The van der Waals surface area contributed by atoms with Crippen molar-refractivity contribution in [2.75, 3.05) is 59.9 Å². The fourth-order valence-electron chi connectivity index (χ4n) is 6.70. The molecule has 0 spiro atoms. The van der Waals surface area contributed by atoms with Gasteiger partial charge in [0.25, 0.3) is 5.56 Å². The van der Waals surface area contributed by atoms with E-state index in [1.165, 1.54) is 10.9 Å². The van der Waals surface area contributed by atoms with Crippen molar-refractivity contribution in [3.8, 4) is 17.6 Å². The van der Waals surface area contributed by atoms with Crippen LogP contribution in [-0.4, -0.2) is 110 Å². The number of anilines is 1. The number of nitrogens with one attached hydrogen (secondary N) is 3. The summed E-state index contributed by atoms with van der Waals surface area (Å²) < 4.78 is 77.1. The second-order valence-corrected chi connectivity index (χ2v) is 14.6. The van der Waals surface area contributed by atoms with Crippen LogP contribution < -0.4 is 25.7 Å². The van der Waals surface area contributed by atoms with E-state index in [0.717, 1.165) is 16.7 Å². The number of aliphatic imine (C=N–C) groups is 1. The van der Waals surface area contributed by atoms with Gasteiger partial charge in [-0.1, -0.05) is 54.6 Å². The van der Waals surface area contributed by atoms with Crippen LogP contribution in [-0.2, 0) is 28.9 Å². The summed E-state index contributed by atoms with van der Waals surface area (Å²) in [4.78, 5) is 42.4. The molecule has 0 saturated carbocycles. The second kappa shape index (κ2) is 20.6. The maximum Gasteiger partial charge on any atom is 0.471 e. The number of nitrogens with zero attached hydrogens (tertiary/aromatic N) is 6. The van der Waals surface area contributed by atoms with Crippen LogP contribution in [0.1, 0.15) is 35.8 Å². The number of aromatic nitrogens is 4. The van der Waals surface area contributed by atoms with Gasteiger partial charge in [-0.05, 0) is 41.0 Å². The van der Waals surface area contributed by atoms with Gasteiger partial charge in [-0.15, -0.1) is 0 Å². The zero-order chi connectivity index (χ0) is 44.3. The molecule has 4 atom stereocenters. The van der Waals surface area contributed by atoms with Gasteiger partial charge in [0.1, 0.15) is 29.4 Å². The lowest BCUT2D eigenvalue weighted by atomic mass is 9.80. The molecule has 0 bridgehead atoms. The van der Waals surface area contributed by atoms with Gasteiger partial charge in [-0.3, -0.25) is 19.1 Å². The molecule has 3 aromatic carbocycles. The molecule has 0 radical (unpaired) electrons. The molecule has 1 aliphatic heterocycles. The number of methoxy groups -OCH3 is 2. The third-order valence-corrected chi connectivity index (χ3v) is 10.3. The summed E-state index contributed by atoms with van der Waals surface area (Å²) >= 11 is 0. The number of fused-ring (bicyclic) bond motifs is 1. The first-order valence-electron chi connectivity index (χ1n) is 19.2. The van der Waals surface area contributed by atoms with Gasteiger partial charge in [-0.2, -0.15) is 23.4 Å². The lowest BCUT2D eigenvalue weighted by Gasteiger charge is -2.37. The van der Waals surface area contributed by atoms with Crippen LogP contribution >= 0.6 is 9.03 Å². The third kappa shape index (κ3) is 10.7. The summed E-state index contributed by atoms with van der Waals surface area (Å²) in [7, 11) is 6.14. The molecule has 62 heavy (non-hydrogen) atoms. The van der Waals surface area contributed by atoms with Crippen LogP contribution in [0.2, 0.25) is 0 Å². The highest BCUT2D eigenvalue weighted by molar-refractivity contribution is 7.26. The fraction of sp³-hybridized carbons (Fsp3) is 0.366. The van der Waals surface area contributed by atoms with E-state index in [1.807, 2.05) is 90.2 Å². The Balaban J connectivity index is 1.41. The quantitative estimate of drug-likeness (QED) is 0.0289. The first kappa shape index (κ1) is 45.4. The maximum atomic E-state index is 13.4. The number of halogens is 3. The minimum absolute atomic E-state index is 0.0149. The number of carbonyl (C=O) groups excluding carboxylic acids is 1. The number of nitriles is 1. The van der Waals surface area contributed by atoms with Crippen molar-refractivity contribution < 1.29 is 46.0 Å². The van der Waals surface area contributed by atoms with Crippen molar-refractivity contribution in [2.45, 2.75) is 43.1 Å². The van der Waals surface area contributed by atoms with Crippen LogP contribution in [0.3, 0.4) is 0 Å². The number of carbonyl (C=O) groups is 1. The molecular formula is C41H45F3N9O8P. The van der Waals surface area contributed by atoms with Crippen LogP contribution in [0, 0.1) is 11.3 Å². The van der Waals surface area contributed by atoms with Gasteiger partial charge in [-0.25, -0.2) is 9.98 Å². The van der Waals surface area contributed by atoms with E-state index in [4.69, 9.17) is 33.3 Å². The molecule has 17 nitrogen and oxygen atoms in total. The van der Waals surface area contributed by atoms with Crippen LogP contribution in [0.25, 0.3) is 11.2 Å². The van der Waals surface area contributed by atoms with Crippen molar-refractivity contribution >= 4 is 44.3 Å². The highest BCUT2D eigenvalue weighted by Gasteiger charge is 2.44. The van der Waals surface area contributed by atoms with E-state index in [-0.39, 0.29) is 55.7 Å². The number of ether oxygens (including phenoxy) is 4. The van der Waals surface area contributed by atoms with Crippen molar-refractivity contribution in [1.29, 1.82) is 5.26 Å². The van der Waals surface area contributed by atoms with E-state index >= 15 is 0 Å². The van der Waals surface area contributed by atoms with Crippen molar-refractivity contribution in [3.05, 3.63) is 106 Å². The SMILES string of the molecule is COc1ccc(C(OC[C@H]2O[C@@H](n3c(NCCNC(=O)C(F)(F)F)nc4c(=O)[nH]c(/N=C/N(C)C)nc43)CC2OPOCCC#N)(c2ccccc2)c2ccc(OC)cc2)cc1. The first-order chi connectivity index (χ1) is 29.9. The summed E-state index contributed by atoms with van der Waals surface area (Å²) in [6, 6.07) is 26.7. The molecule has 3 heterocycles. The monoisotopic (exact) mass is 879 g/mol. The first-order valence-corrected chi connectivity index (χ1v) is 20.0. The van der Waals surface area contributed by atoms with Crippen LogP contribution in [0.5, 0.6) is 11.5 Å². The van der Waals surface area contributed by atoms with E-state index in [9.17, 15) is 22.8 Å². The minimum Gasteiger partial charge on any atom is -0.497 e. The minimum atomic E-state index is -5.07. The Morgan fingerprint density at radius 3 is 2.26 bits per heavy atom. The molecule has 328 valence electrons. The van der Waals surface area contributed by atoms with E-state index in [2.05, 4.69) is 25.3 Å². The van der Waals surface area contributed by atoms with E-state index < -0.39 is 57.3 Å². The van der Waals surface area contributed by atoms with Crippen LogP contribution in [0.4, 0.5) is 25.1 Å². The Morgan fingerprint density at radius 2 is 1.66 bits per heavy atom. The number of hydrogen-bond acceptors (Lipinski definition) is 13. The fourth-order valence-corrected chi connectivity index (χ4v) is 7.32. The molecule has 3 N–H and O–H groups in total. The molecule has 1 saturated heterocycles. The Kier molecular flexibility index (Phi) is 15.1. The predicted octanol–water partition coefficient (Wildman–Crippen LogP) is 5.57. The van der Waals surface area contributed by atoms with Gasteiger partial charge in [0.15, 0.2) is 20.2 Å². The number of H-pyrrole nitrogens is 1. The topological polar surface area (TPSA) is 199 Å². The number of imidazole rings is 1. The Labute approximate surface area is 356 Å². The molecule has 1 aliphatic rings. The number of benzene rings is 3. The molecule has 5 aromatic rings. The molecule has 1 fully saturated rings. The number of hydrogen-bond donors (Lipinski definition) is 3. The zero-order valence-electron chi connectivity index (χ0n) is 34.1. The molecule has 6 rings (SSSR count). The number of amides is 1. The normalized spacial score (nSPS) is 16.8. The largest absolute Gasteiger partial charge is 0.497 e. The van der Waals surface area contributed by atoms with Gasteiger partial charge < -0.3 is 43.5 Å². The molecule has 2 aromatic heterocycles. The van der Waals surface area contributed by atoms with Gasteiger partial charge in [0.05, 0.1) is 52.4 Å². The smallest absolute Gasteiger partial charge is 0.471 e. The third-order valence-electron chi connectivity index (χ3n) is 9.58. The molecule has 1 amide bonds. The molecule has 21 heteroatoms. The average molecular weight is 880 g/mol. The zero-order valence-corrected chi connectivity index (χ0v) is 35.1. The van der Waals surface area contributed by atoms with Gasteiger partial charge >= 0.3 is 12.1 Å². The number of alkyl halides is 3. The highest BCUT2D eigenvalue weighted by atomic mass is 31.1. The standard InChI is InChI=1S/C41H45F3N9O8P/c1-52(2)25-48-38-50-35-34(36(54)51-38)49-39(47-21-20-46-37(55)41(42,43)44)53(35)33-23-31(61-62-59-22-8-19-45)32(60-33)24-58-40(26-9-6-5-7-10-26,27-11-15-29(56-3)16-12-27)28-13-17-30(57-4)18-14-28/h5-7,9-18,25,31-33,62H,8,20-24H2,1-4H3,(H,46,55)(H,47,49)(H,50,51,54)/b48-25+/t31?,32-,33-/m1/s1. The molecular weight excluding hydrogens is 834 g/mol. The van der Waals surface area contributed by atoms with E-state index in [1.54, 1.807) is 33.2 Å². The highest BCUT2D eigenvalue weighted by Crippen LogP contribution is 2.44. The molecule has 2 unspecified atom stereocenters. The Hall–Kier alpha value is -6.10. The number of rotatable bonds is 20. The van der Waals surface area contributed by atoms with Crippen molar-refractivity contribution in [1.82, 2.24) is 29.7 Å². The summed E-state index contributed by atoms with van der Waals surface area (Å²) in [5, 5.41) is 13.8. The maximum absolute atomic E-state index is 13.4. The Morgan fingerprint density at radius 1 is 1.02 bits per heavy atom.